The fourth-order valence-corrected chi connectivity index (χ4v) is 3.78. The number of hydrogen-bond acceptors (Lipinski definition) is 0. The van der Waals surface area contributed by atoms with E-state index in [9.17, 15) is 0 Å². The van der Waals surface area contributed by atoms with Crippen LogP contribution in [0.25, 0.3) is 0 Å². The highest BCUT2D eigenvalue weighted by molar-refractivity contribution is 5.47. The van der Waals surface area contributed by atoms with Gasteiger partial charge in [0.05, 0.1) is 0 Å². The van der Waals surface area contributed by atoms with Gasteiger partial charge < -0.3 is 4.57 Å². The molecule has 1 aliphatic carbocycles. The van der Waals surface area contributed by atoms with Gasteiger partial charge in [0.2, 0.25) is 0 Å². The molecule has 0 saturated heterocycles. The molecular formula is C15H25N. The molecule has 16 heavy (non-hydrogen) atoms. The highest BCUT2D eigenvalue weighted by Crippen LogP contribution is 2.50. The Balaban J connectivity index is 2.66. The molecule has 0 saturated carbocycles. The van der Waals surface area contributed by atoms with Crippen molar-refractivity contribution in [3.8, 4) is 0 Å². The zero-order valence-corrected chi connectivity index (χ0v) is 11.8. The van der Waals surface area contributed by atoms with Crippen molar-refractivity contribution in [2.75, 3.05) is 0 Å². The molecule has 1 aromatic rings. The number of rotatable bonds is 1. The summed E-state index contributed by atoms with van der Waals surface area (Å²) in [6, 6.07) is 0.584. The summed E-state index contributed by atoms with van der Waals surface area (Å²) >= 11 is 0. The van der Waals surface area contributed by atoms with Crippen LogP contribution >= 0.6 is 0 Å². The third-order valence-electron chi connectivity index (χ3n) is 4.80. The van der Waals surface area contributed by atoms with E-state index in [-0.39, 0.29) is 0 Å². The Kier molecular flexibility index (Phi) is 2.68. The van der Waals surface area contributed by atoms with Gasteiger partial charge in [0.15, 0.2) is 0 Å². The first kappa shape index (κ1) is 11.8. The van der Waals surface area contributed by atoms with Gasteiger partial charge in [-0.25, -0.2) is 0 Å². The fraction of sp³-hybridized carbons (Fsp3) is 0.733. The molecular weight excluding hydrogens is 194 g/mol. The van der Waals surface area contributed by atoms with Gasteiger partial charge in [-0.15, -0.1) is 0 Å². The second-order valence-corrected chi connectivity index (χ2v) is 5.90. The predicted molar refractivity (Wildman–Crippen MR) is 70.3 cm³/mol. The molecule has 1 aromatic heterocycles. The summed E-state index contributed by atoms with van der Waals surface area (Å²) in [5, 5.41) is 0. The van der Waals surface area contributed by atoms with Crippen molar-refractivity contribution in [3.63, 3.8) is 0 Å². The van der Waals surface area contributed by atoms with Crippen LogP contribution in [0.15, 0.2) is 0 Å². The van der Waals surface area contributed by atoms with Crippen LogP contribution in [0.5, 0.6) is 0 Å². The quantitative estimate of drug-likeness (QED) is 0.653. The molecule has 0 radical (unpaired) electrons. The molecule has 0 bridgehead atoms. The summed E-state index contributed by atoms with van der Waals surface area (Å²) in [7, 11) is 0. The van der Waals surface area contributed by atoms with E-state index < -0.39 is 0 Å². The van der Waals surface area contributed by atoms with Crippen molar-refractivity contribution < 1.29 is 0 Å². The normalized spacial score (nSPS) is 28.9. The summed E-state index contributed by atoms with van der Waals surface area (Å²) < 4.78 is 2.52. The Bertz CT molecular complexity index is 378. The van der Waals surface area contributed by atoms with E-state index in [0.29, 0.717) is 6.04 Å². The smallest absolute Gasteiger partial charge is 0.0279 e. The molecule has 1 aliphatic rings. The standard InChI is InChI=1S/C15H25N/c1-8(2)16-12(6)14-10(4)9(3)11(5)15(14)13(16)7/h8-11H,1-7H3. The zero-order chi connectivity index (χ0) is 12.2. The maximum Gasteiger partial charge on any atom is 0.0279 e. The average molecular weight is 219 g/mol. The predicted octanol–water partition coefficient (Wildman–Crippen LogP) is 4.54. The van der Waals surface area contributed by atoms with Crippen LogP contribution in [0.1, 0.15) is 75.0 Å². The summed E-state index contributed by atoms with van der Waals surface area (Å²) in [5.74, 6) is 2.25. The van der Waals surface area contributed by atoms with Gasteiger partial charge >= 0.3 is 0 Å². The van der Waals surface area contributed by atoms with Crippen LogP contribution in [-0.2, 0) is 0 Å². The van der Waals surface area contributed by atoms with Crippen molar-refractivity contribution in [1.29, 1.82) is 0 Å². The fourth-order valence-electron chi connectivity index (χ4n) is 3.78. The van der Waals surface area contributed by atoms with Gasteiger partial charge in [0.25, 0.3) is 0 Å². The topological polar surface area (TPSA) is 4.93 Å². The monoisotopic (exact) mass is 219 g/mol. The van der Waals surface area contributed by atoms with Gasteiger partial charge in [-0.2, -0.15) is 0 Å². The van der Waals surface area contributed by atoms with Crippen molar-refractivity contribution in [2.24, 2.45) is 5.92 Å². The van der Waals surface area contributed by atoms with Crippen molar-refractivity contribution in [3.05, 3.63) is 22.5 Å². The van der Waals surface area contributed by atoms with Gasteiger partial charge in [0.1, 0.15) is 0 Å². The Morgan fingerprint density at radius 1 is 0.875 bits per heavy atom. The minimum atomic E-state index is 0.584. The van der Waals surface area contributed by atoms with Gasteiger partial charge in [0, 0.05) is 17.4 Å². The molecule has 1 heteroatoms. The number of nitrogens with zero attached hydrogens (tertiary/aromatic N) is 1. The van der Waals surface area contributed by atoms with Gasteiger partial charge in [-0.05, 0) is 56.6 Å². The maximum atomic E-state index is 2.52. The maximum absolute atomic E-state index is 2.52. The first-order valence-electron chi connectivity index (χ1n) is 6.59. The van der Waals surface area contributed by atoms with Crippen LogP contribution < -0.4 is 0 Å². The second kappa shape index (κ2) is 3.65. The molecule has 0 aliphatic heterocycles. The molecule has 90 valence electrons. The highest BCUT2D eigenvalue weighted by atomic mass is 15.0. The molecule has 0 N–H and O–H groups in total. The average Bonchev–Trinajstić information content (AvgIpc) is 2.57. The second-order valence-electron chi connectivity index (χ2n) is 5.90. The van der Waals surface area contributed by atoms with Crippen LogP contribution in [0.2, 0.25) is 0 Å². The highest BCUT2D eigenvalue weighted by Gasteiger charge is 2.37. The van der Waals surface area contributed by atoms with E-state index in [0.717, 1.165) is 17.8 Å². The molecule has 0 fully saturated rings. The Morgan fingerprint density at radius 3 is 1.56 bits per heavy atom. The van der Waals surface area contributed by atoms with E-state index in [4.69, 9.17) is 0 Å². The van der Waals surface area contributed by atoms with E-state index in [2.05, 4.69) is 53.0 Å². The number of hydrogen-bond donors (Lipinski definition) is 0. The van der Waals surface area contributed by atoms with Crippen LogP contribution in [0.4, 0.5) is 0 Å². The van der Waals surface area contributed by atoms with Crippen LogP contribution in [0, 0.1) is 19.8 Å². The van der Waals surface area contributed by atoms with Gasteiger partial charge in [-0.3, -0.25) is 0 Å². The molecule has 2 atom stereocenters. The Hall–Kier alpha value is -0.720. The lowest BCUT2D eigenvalue weighted by molar-refractivity contribution is 0.451. The lowest BCUT2D eigenvalue weighted by atomic mass is 9.90. The molecule has 0 amide bonds. The first-order chi connectivity index (χ1) is 7.37. The zero-order valence-electron chi connectivity index (χ0n) is 11.8. The summed E-state index contributed by atoms with van der Waals surface area (Å²) in [5.41, 5.74) is 6.30. The van der Waals surface area contributed by atoms with E-state index >= 15 is 0 Å². The summed E-state index contributed by atoms with van der Waals surface area (Å²) in [6.07, 6.45) is 0. The van der Waals surface area contributed by atoms with Crippen LogP contribution in [0.3, 0.4) is 0 Å². The van der Waals surface area contributed by atoms with Crippen LogP contribution in [-0.4, -0.2) is 4.57 Å². The molecule has 1 nitrogen and oxygen atoms in total. The molecule has 0 aromatic carbocycles. The minimum Gasteiger partial charge on any atom is -0.346 e. The molecule has 2 rings (SSSR count). The molecule has 1 heterocycles. The van der Waals surface area contributed by atoms with E-state index in [1.165, 1.54) is 11.4 Å². The Morgan fingerprint density at radius 2 is 1.25 bits per heavy atom. The third-order valence-corrected chi connectivity index (χ3v) is 4.80. The third kappa shape index (κ3) is 1.30. The van der Waals surface area contributed by atoms with Crippen molar-refractivity contribution in [1.82, 2.24) is 4.57 Å². The lowest BCUT2D eigenvalue weighted by Gasteiger charge is -2.21. The van der Waals surface area contributed by atoms with Crippen molar-refractivity contribution in [2.45, 2.75) is 66.3 Å². The first-order valence-corrected chi connectivity index (χ1v) is 6.59. The largest absolute Gasteiger partial charge is 0.346 e. The number of aromatic nitrogens is 1. The van der Waals surface area contributed by atoms with E-state index in [1.807, 2.05) is 0 Å². The summed E-state index contributed by atoms with van der Waals surface area (Å²) in [4.78, 5) is 0. The number of fused-ring (bicyclic) bond motifs is 1. The Labute approximate surface area is 99.9 Å². The lowest BCUT2D eigenvalue weighted by Crippen LogP contribution is -2.11. The molecule has 0 spiro atoms. The van der Waals surface area contributed by atoms with E-state index in [1.54, 1.807) is 11.1 Å². The SMILES string of the molecule is Cc1c2c(c(C)n1C(C)C)C(C)C(C)C2C. The van der Waals surface area contributed by atoms with Crippen molar-refractivity contribution >= 4 is 0 Å². The summed E-state index contributed by atoms with van der Waals surface area (Å²) in [6.45, 7) is 16.4. The van der Waals surface area contributed by atoms with Gasteiger partial charge in [-0.1, -0.05) is 20.8 Å². The minimum absolute atomic E-state index is 0.584. The molecule has 2 unspecified atom stereocenters.